The molecule has 0 radical (unpaired) electrons. The number of aromatic nitrogens is 2. The third-order valence-corrected chi connectivity index (χ3v) is 2.86. The maximum atomic E-state index is 5.62. The van der Waals surface area contributed by atoms with E-state index in [2.05, 4.69) is 27.3 Å². The molecule has 5 nitrogen and oxygen atoms in total. The Morgan fingerprint density at radius 2 is 1.94 bits per heavy atom. The molecule has 0 amide bonds. The zero-order valence-electron chi connectivity index (χ0n) is 9.91. The Hall–Kier alpha value is -1.10. The van der Waals surface area contributed by atoms with Gasteiger partial charge in [0.2, 0.25) is 5.89 Å². The number of rotatable bonds is 4. The minimum absolute atomic E-state index is 0.664. The first-order valence-electron chi connectivity index (χ1n) is 6.18. The van der Waals surface area contributed by atoms with Gasteiger partial charge in [-0.05, 0) is 19.4 Å². The van der Waals surface area contributed by atoms with E-state index in [0.29, 0.717) is 18.5 Å². The number of nitrogens with one attached hydrogen (secondary N) is 1. The second-order valence-electron chi connectivity index (χ2n) is 4.16. The van der Waals surface area contributed by atoms with Gasteiger partial charge in [0.25, 0.3) is 0 Å². The van der Waals surface area contributed by atoms with Crippen LogP contribution in [0.5, 0.6) is 0 Å². The van der Waals surface area contributed by atoms with Gasteiger partial charge in [-0.15, -0.1) is 5.10 Å². The van der Waals surface area contributed by atoms with E-state index >= 15 is 0 Å². The quantitative estimate of drug-likeness (QED) is 0.841. The summed E-state index contributed by atoms with van der Waals surface area (Å²) in [5.74, 6) is 0.682. The second kappa shape index (κ2) is 5.84. The first-order valence-corrected chi connectivity index (χ1v) is 6.18. The minimum atomic E-state index is 0.664. The molecule has 90 valence electrons. The van der Waals surface area contributed by atoms with E-state index in [4.69, 9.17) is 4.42 Å². The largest absolute Gasteiger partial charge is 0.407 e. The van der Waals surface area contributed by atoms with Gasteiger partial charge in [0.1, 0.15) is 0 Å². The minimum Gasteiger partial charge on any atom is -0.407 e. The SMILES string of the molecule is CCNCc1nnc(N2CCCCCC2)o1. The molecule has 1 N–H and O–H groups in total. The van der Waals surface area contributed by atoms with E-state index in [-0.39, 0.29) is 0 Å². The van der Waals surface area contributed by atoms with Gasteiger partial charge in [-0.3, -0.25) is 0 Å². The predicted octanol–water partition coefficient (Wildman–Crippen LogP) is 1.56. The van der Waals surface area contributed by atoms with Crippen molar-refractivity contribution in [3.05, 3.63) is 5.89 Å². The molecule has 1 aromatic rings. The van der Waals surface area contributed by atoms with Crippen LogP contribution in [0.25, 0.3) is 0 Å². The molecule has 0 spiro atoms. The lowest BCUT2D eigenvalue weighted by molar-refractivity contribution is 0.464. The first-order chi connectivity index (χ1) is 7.90. The molecule has 1 fully saturated rings. The Labute approximate surface area is 96.2 Å². The molecule has 1 aromatic heterocycles. The lowest BCUT2D eigenvalue weighted by Crippen LogP contribution is -2.24. The van der Waals surface area contributed by atoms with Crippen molar-refractivity contribution in [2.75, 3.05) is 24.5 Å². The molecule has 2 heterocycles. The van der Waals surface area contributed by atoms with Gasteiger partial charge in [-0.25, -0.2) is 0 Å². The zero-order chi connectivity index (χ0) is 11.2. The van der Waals surface area contributed by atoms with Gasteiger partial charge < -0.3 is 14.6 Å². The molecule has 5 heteroatoms. The van der Waals surface area contributed by atoms with Crippen molar-refractivity contribution < 1.29 is 4.42 Å². The molecule has 16 heavy (non-hydrogen) atoms. The fraction of sp³-hybridized carbons (Fsp3) is 0.818. The summed E-state index contributed by atoms with van der Waals surface area (Å²) in [4.78, 5) is 2.20. The summed E-state index contributed by atoms with van der Waals surface area (Å²) in [5.41, 5.74) is 0. The van der Waals surface area contributed by atoms with Crippen LogP contribution in [0.15, 0.2) is 4.42 Å². The smallest absolute Gasteiger partial charge is 0.318 e. The highest BCUT2D eigenvalue weighted by Crippen LogP contribution is 2.17. The van der Waals surface area contributed by atoms with Crippen LogP contribution in [0.2, 0.25) is 0 Å². The molecule has 0 bridgehead atoms. The van der Waals surface area contributed by atoms with Crippen LogP contribution in [0, 0.1) is 0 Å². The Balaban J connectivity index is 1.94. The van der Waals surface area contributed by atoms with Crippen LogP contribution >= 0.6 is 0 Å². The summed E-state index contributed by atoms with van der Waals surface area (Å²) in [6.07, 6.45) is 5.08. The fourth-order valence-electron chi connectivity index (χ4n) is 1.94. The van der Waals surface area contributed by atoms with Crippen LogP contribution in [0.4, 0.5) is 6.01 Å². The summed E-state index contributed by atoms with van der Waals surface area (Å²) in [6, 6.07) is 0.690. The van der Waals surface area contributed by atoms with Crippen molar-refractivity contribution in [2.45, 2.75) is 39.2 Å². The summed E-state index contributed by atoms with van der Waals surface area (Å²) in [5, 5.41) is 11.3. The van der Waals surface area contributed by atoms with Crippen LogP contribution < -0.4 is 10.2 Å². The highest BCUT2D eigenvalue weighted by molar-refractivity contribution is 5.23. The van der Waals surface area contributed by atoms with Crippen LogP contribution in [0.1, 0.15) is 38.5 Å². The molecular weight excluding hydrogens is 204 g/mol. The van der Waals surface area contributed by atoms with Crippen molar-refractivity contribution in [2.24, 2.45) is 0 Å². The third kappa shape index (κ3) is 2.95. The maximum Gasteiger partial charge on any atom is 0.318 e. The molecule has 1 saturated heterocycles. The van der Waals surface area contributed by atoms with Crippen molar-refractivity contribution in [1.29, 1.82) is 0 Å². The molecular formula is C11H20N4O. The van der Waals surface area contributed by atoms with Gasteiger partial charge in [0.05, 0.1) is 6.54 Å². The highest BCUT2D eigenvalue weighted by atomic mass is 16.4. The maximum absolute atomic E-state index is 5.62. The molecule has 1 aliphatic heterocycles. The van der Waals surface area contributed by atoms with Crippen LogP contribution in [0.3, 0.4) is 0 Å². The van der Waals surface area contributed by atoms with E-state index in [9.17, 15) is 0 Å². The molecule has 0 saturated carbocycles. The average Bonchev–Trinajstić information content (AvgIpc) is 2.60. The molecule has 0 aliphatic carbocycles. The lowest BCUT2D eigenvalue weighted by atomic mass is 10.2. The zero-order valence-corrected chi connectivity index (χ0v) is 9.91. The molecule has 2 rings (SSSR count). The fourth-order valence-corrected chi connectivity index (χ4v) is 1.94. The summed E-state index contributed by atoms with van der Waals surface area (Å²) < 4.78 is 5.62. The van der Waals surface area contributed by atoms with E-state index in [1.165, 1.54) is 25.7 Å². The third-order valence-electron chi connectivity index (χ3n) is 2.86. The van der Waals surface area contributed by atoms with Gasteiger partial charge in [0.15, 0.2) is 0 Å². The Morgan fingerprint density at radius 3 is 2.62 bits per heavy atom. The van der Waals surface area contributed by atoms with Crippen molar-refractivity contribution in [3.8, 4) is 0 Å². The number of hydrogen-bond donors (Lipinski definition) is 1. The normalized spacial score (nSPS) is 17.4. The monoisotopic (exact) mass is 224 g/mol. The summed E-state index contributed by atoms with van der Waals surface area (Å²) in [6.45, 7) is 5.73. The standard InChI is InChI=1S/C11H20N4O/c1-2-12-9-10-13-14-11(16-10)15-7-5-3-4-6-8-15/h12H,2-9H2,1H3. The summed E-state index contributed by atoms with van der Waals surface area (Å²) >= 11 is 0. The van der Waals surface area contributed by atoms with Crippen LogP contribution in [-0.4, -0.2) is 29.8 Å². The first kappa shape index (κ1) is 11.4. The Bertz CT molecular complexity index is 305. The molecule has 1 aliphatic rings. The Kier molecular flexibility index (Phi) is 4.16. The number of anilines is 1. The van der Waals surface area contributed by atoms with E-state index in [1.807, 2.05) is 0 Å². The number of nitrogens with zero attached hydrogens (tertiary/aromatic N) is 3. The van der Waals surface area contributed by atoms with Gasteiger partial charge in [0, 0.05) is 13.1 Å². The van der Waals surface area contributed by atoms with Gasteiger partial charge in [-0.2, -0.15) is 0 Å². The predicted molar refractivity (Wildman–Crippen MR) is 62.4 cm³/mol. The van der Waals surface area contributed by atoms with Crippen LogP contribution in [-0.2, 0) is 6.54 Å². The van der Waals surface area contributed by atoms with Crippen molar-refractivity contribution in [1.82, 2.24) is 15.5 Å². The summed E-state index contributed by atoms with van der Waals surface area (Å²) in [7, 11) is 0. The van der Waals surface area contributed by atoms with Crippen molar-refractivity contribution in [3.63, 3.8) is 0 Å². The molecule has 0 aromatic carbocycles. The second-order valence-corrected chi connectivity index (χ2v) is 4.16. The molecule has 0 unspecified atom stereocenters. The van der Waals surface area contributed by atoms with E-state index < -0.39 is 0 Å². The average molecular weight is 224 g/mol. The number of hydrogen-bond acceptors (Lipinski definition) is 5. The van der Waals surface area contributed by atoms with Gasteiger partial charge >= 0.3 is 6.01 Å². The highest BCUT2D eigenvalue weighted by Gasteiger charge is 2.15. The Morgan fingerprint density at radius 1 is 1.19 bits per heavy atom. The lowest BCUT2D eigenvalue weighted by Gasteiger charge is -2.16. The van der Waals surface area contributed by atoms with Crippen molar-refractivity contribution >= 4 is 6.01 Å². The van der Waals surface area contributed by atoms with Gasteiger partial charge in [-0.1, -0.05) is 24.9 Å². The van der Waals surface area contributed by atoms with E-state index in [0.717, 1.165) is 19.6 Å². The molecule has 0 atom stereocenters. The topological polar surface area (TPSA) is 54.2 Å². The van der Waals surface area contributed by atoms with E-state index in [1.54, 1.807) is 0 Å².